The minimum absolute atomic E-state index is 0.151. The summed E-state index contributed by atoms with van der Waals surface area (Å²) in [6.07, 6.45) is 5.29. The highest BCUT2D eigenvalue weighted by atomic mass is 19.1. The number of nitrogens with zero attached hydrogens (tertiary/aromatic N) is 5. The molecule has 1 saturated heterocycles. The number of halogens is 1. The number of urea groups is 1. The lowest BCUT2D eigenvalue weighted by Gasteiger charge is -2.28. The van der Waals surface area contributed by atoms with Crippen LogP contribution in [-0.2, 0) is 0 Å². The number of hydrogen-bond donors (Lipinski definition) is 0. The van der Waals surface area contributed by atoms with Crippen molar-refractivity contribution in [3.8, 4) is 11.8 Å². The molecule has 0 unspecified atom stereocenters. The van der Waals surface area contributed by atoms with E-state index in [0.717, 1.165) is 67.8 Å². The molecule has 1 aromatic heterocycles. The van der Waals surface area contributed by atoms with Crippen LogP contribution in [0, 0.1) is 17.1 Å². The molecular formula is C28H30FN5O. The predicted octanol–water partition coefficient (Wildman–Crippen LogP) is 4.88. The second kappa shape index (κ2) is 9.55. The van der Waals surface area contributed by atoms with Crippen LogP contribution in [0.25, 0.3) is 22.2 Å². The first-order chi connectivity index (χ1) is 16.9. The highest BCUT2D eigenvalue weighted by Crippen LogP contribution is 2.33. The van der Waals surface area contributed by atoms with Crippen LogP contribution in [-0.4, -0.2) is 70.6 Å². The zero-order valence-corrected chi connectivity index (χ0v) is 20.2. The van der Waals surface area contributed by atoms with Crippen molar-refractivity contribution in [2.75, 3.05) is 39.3 Å². The lowest BCUT2D eigenvalue weighted by Crippen LogP contribution is -2.40. The smallest absolute Gasteiger partial charge is 0.320 e. The van der Waals surface area contributed by atoms with Gasteiger partial charge in [-0.05, 0) is 62.2 Å². The van der Waals surface area contributed by atoms with Gasteiger partial charge in [-0.3, -0.25) is 4.90 Å². The molecule has 0 saturated carbocycles. The summed E-state index contributed by atoms with van der Waals surface area (Å²) in [5, 5.41) is 10.5. The van der Waals surface area contributed by atoms with E-state index in [0.29, 0.717) is 5.56 Å². The van der Waals surface area contributed by atoms with Crippen molar-refractivity contribution < 1.29 is 9.18 Å². The molecular weight excluding hydrogens is 441 g/mol. The zero-order chi connectivity index (χ0) is 24.5. The number of carbonyl (C=O) groups is 1. The van der Waals surface area contributed by atoms with Crippen LogP contribution in [0.4, 0.5) is 9.18 Å². The number of hydrogen-bond acceptors (Lipinski definition) is 3. The fourth-order valence-electron chi connectivity index (χ4n) is 5.08. The summed E-state index contributed by atoms with van der Waals surface area (Å²) < 4.78 is 15.6. The van der Waals surface area contributed by atoms with E-state index in [1.807, 2.05) is 32.6 Å². The standard InChI is InChI=1S/C28H30FN5O/c1-20(2)33-16-15-32(28(33)35)14-13-31-11-9-22(10-12-31)26-19-34(24-6-4-23(29)5-7-24)27-17-21(18-30)3-8-25(26)27/h3-9,17,19-20H,10-16H2,1-2H3. The Morgan fingerprint density at radius 1 is 1.06 bits per heavy atom. The monoisotopic (exact) mass is 471 g/mol. The summed E-state index contributed by atoms with van der Waals surface area (Å²) in [5.41, 5.74) is 4.83. The molecule has 2 amide bonds. The average Bonchev–Trinajstić information content (AvgIpc) is 3.43. The van der Waals surface area contributed by atoms with Crippen LogP contribution in [0.3, 0.4) is 0 Å². The molecule has 180 valence electrons. The van der Waals surface area contributed by atoms with Crippen LogP contribution in [0.15, 0.2) is 54.7 Å². The van der Waals surface area contributed by atoms with E-state index >= 15 is 0 Å². The second-order valence-corrected chi connectivity index (χ2v) is 9.57. The molecule has 3 heterocycles. The van der Waals surface area contributed by atoms with Gasteiger partial charge in [-0.25, -0.2) is 9.18 Å². The summed E-state index contributed by atoms with van der Waals surface area (Å²) in [5.74, 6) is -0.272. The van der Waals surface area contributed by atoms with E-state index in [1.54, 1.807) is 12.1 Å². The first kappa shape index (κ1) is 23.1. The first-order valence-corrected chi connectivity index (χ1v) is 12.2. The van der Waals surface area contributed by atoms with Gasteiger partial charge < -0.3 is 14.4 Å². The molecule has 2 aliphatic rings. The van der Waals surface area contributed by atoms with Gasteiger partial charge in [0, 0.05) is 68.1 Å². The number of carbonyl (C=O) groups excluding carboxylic acids is 1. The van der Waals surface area contributed by atoms with E-state index in [1.165, 1.54) is 17.7 Å². The number of nitriles is 1. The molecule has 0 spiro atoms. The fraction of sp³-hybridized carbons (Fsp3) is 0.357. The van der Waals surface area contributed by atoms with E-state index in [9.17, 15) is 14.4 Å². The quantitative estimate of drug-likeness (QED) is 0.515. The van der Waals surface area contributed by atoms with Crippen molar-refractivity contribution >= 4 is 22.5 Å². The highest BCUT2D eigenvalue weighted by molar-refractivity contribution is 5.95. The molecule has 3 aromatic rings. The molecule has 2 aliphatic heterocycles. The maximum absolute atomic E-state index is 13.5. The van der Waals surface area contributed by atoms with Crippen LogP contribution in [0.2, 0.25) is 0 Å². The van der Waals surface area contributed by atoms with Gasteiger partial charge >= 0.3 is 6.03 Å². The number of amides is 2. The summed E-state index contributed by atoms with van der Waals surface area (Å²) >= 11 is 0. The van der Waals surface area contributed by atoms with Gasteiger partial charge in [0.15, 0.2) is 0 Å². The van der Waals surface area contributed by atoms with Crippen LogP contribution >= 0.6 is 0 Å². The van der Waals surface area contributed by atoms with Crippen LogP contribution in [0.5, 0.6) is 0 Å². The average molecular weight is 472 g/mol. The van der Waals surface area contributed by atoms with Gasteiger partial charge in [0.05, 0.1) is 17.1 Å². The zero-order valence-electron chi connectivity index (χ0n) is 20.2. The number of aromatic nitrogens is 1. The Kier molecular flexibility index (Phi) is 6.31. The van der Waals surface area contributed by atoms with E-state index in [2.05, 4.69) is 37.1 Å². The van der Waals surface area contributed by atoms with Crippen molar-refractivity contribution in [2.24, 2.45) is 0 Å². The van der Waals surface area contributed by atoms with Crippen molar-refractivity contribution in [3.63, 3.8) is 0 Å². The van der Waals surface area contributed by atoms with Gasteiger partial charge in [-0.15, -0.1) is 0 Å². The van der Waals surface area contributed by atoms with Crippen molar-refractivity contribution in [1.29, 1.82) is 5.26 Å². The number of benzene rings is 2. The molecule has 0 radical (unpaired) electrons. The first-order valence-electron chi connectivity index (χ1n) is 12.2. The molecule has 35 heavy (non-hydrogen) atoms. The molecule has 0 N–H and O–H groups in total. The Hall–Kier alpha value is -3.63. The topological polar surface area (TPSA) is 55.5 Å². The summed E-state index contributed by atoms with van der Waals surface area (Å²) in [6.45, 7) is 9.13. The molecule has 0 atom stereocenters. The Morgan fingerprint density at radius 3 is 2.51 bits per heavy atom. The molecule has 6 nitrogen and oxygen atoms in total. The SMILES string of the molecule is CC(C)N1CCN(CCN2CC=C(c3cn(-c4ccc(F)cc4)c4cc(C#N)ccc34)CC2)C1=O. The largest absolute Gasteiger partial charge is 0.322 e. The second-order valence-electron chi connectivity index (χ2n) is 9.57. The Balaban J connectivity index is 1.34. The minimum atomic E-state index is -0.272. The normalized spacial score (nSPS) is 16.9. The minimum Gasteiger partial charge on any atom is -0.322 e. The highest BCUT2D eigenvalue weighted by Gasteiger charge is 2.30. The maximum atomic E-state index is 13.5. The van der Waals surface area contributed by atoms with Gasteiger partial charge in [0.1, 0.15) is 5.82 Å². The van der Waals surface area contributed by atoms with E-state index in [4.69, 9.17) is 0 Å². The van der Waals surface area contributed by atoms with Crippen LogP contribution < -0.4 is 0 Å². The third-order valence-corrected chi connectivity index (χ3v) is 7.12. The summed E-state index contributed by atoms with van der Waals surface area (Å²) in [6, 6.07) is 14.8. The lowest BCUT2D eigenvalue weighted by atomic mass is 9.98. The number of rotatable bonds is 6. The predicted molar refractivity (Wildman–Crippen MR) is 136 cm³/mol. The van der Waals surface area contributed by atoms with Crippen molar-refractivity contribution in [3.05, 3.63) is 71.7 Å². The van der Waals surface area contributed by atoms with E-state index < -0.39 is 0 Å². The van der Waals surface area contributed by atoms with Gasteiger partial charge in [-0.1, -0.05) is 12.1 Å². The molecule has 5 rings (SSSR count). The third-order valence-electron chi connectivity index (χ3n) is 7.12. The van der Waals surface area contributed by atoms with Gasteiger partial charge in [-0.2, -0.15) is 5.26 Å². The maximum Gasteiger partial charge on any atom is 0.320 e. The Labute approximate surface area is 205 Å². The van der Waals surface area contributed by atoms with E-state index in [-0.39, 0.29) is 17.9 Å². The third kappa shape index (κ3) is 4.54. The van der Waals surface area contributed by atoms with Gasteiger partial charge in [0.2, 0.25) is 0 Å². The van der Waals surface area contributed by atoms with Crippen molar-refractivity contribution in [1.82, 2.24) is 19.3 Å². The Morgan fingerprint density at radius 2 is 1.86 bits per heavy atom. The lowest BCUT2D eigenvalue weighted by molar-refractivity contribution is 0.176. The fourth-order valence-corrected chi connectivity index (χ4v) is 5.08. The molecule has 2 aromatic carbocycles. The molecule has 1 fully saturated rings. The molecule has 0 aliphatic carbocycles. The summed E-state index contributed by atoms with van der Waals surface area (Å²) in [7, 11) is 0. The Bertz CT molecular complexity index is 1320. The van der Waals surface area contributed by atoms with Crippen LogP contribution in [0.1, 0.15) is 31.4 Å². The van der Waals surface area contributed by atoms with Crippen molar-refractivity contribution in [2.45, 2.75) is 26.3 Å². The number of fused-ring (bicyclic) bond motifs is 1. The molecule has 7 heteroatoms. The summed E-state index contributed by atoms with van der Waals surface area (Å²) in [4.78, 5) is 18.8. The molecule has 0 bridgehead atoms. The van der Waals surface area contributed by atoms with Gasteiger partial charge in [0.25, 0.3) is 0 Å².